The van der Waals surface area contributed by atoms with Gasteiger partial charge >= 0.3 is 5.97 Å². The molecule has 136 valence electrons. The highest BCUT2D eigenvalue weighted by molar-refractivity contribution is 6.01. The van der Waals surface area contributed by atoms with Crippen LogP contribution in [0, 0.1) is 0 Å². The Kier molecular flexibility index (Phi) is 6.49. The number of ether oxygens (including phenoxy) is 2. The van der Waals surface area contributed by atoms with Crippen LogP contribution in [0.1, 0.15) is 41.5 Å². The van der Waals surface area contributed by atoms with Crippen LogP contribution < -0.4 is 10.1 Å². The normalized spacial score (nSPS) is 11.3. The fourth-order valence-corrected chi connectivity index (χ4v) is 2.33. The van der Waals surface area contributed by atoms with Gasteiger partial charge in [0.2, 0.25) is 11.7 Å². The van der Waals surface area contributed by atoms with Gasteiger partial charge in [-0.1, -0.05) is 6.07 Å². The number of esters is 1. The van der Waals surface area contributed by atoms with Crippen molar-refractivity contribution < 1.29 is 23.9 Å². The summed E-state index contributed by atoms with van der Waals surface area (Å²) in [7, 11) is 0. The van der Waals surface area contributed by atoms with Gasteiger partial charge < -0.3 is 14.8 Å². The maximum Gasteiger partial charge on any atom is 0.338 e. The molecule has 1 N–H and O–H groups in total. The second kappa shape index (κ2) is 8.80. The van der Waals surface area contributed by atoms with Gasteiger partial charge in [-0.05, 0) is 56.3 Å². The molecule has 2 aromatic carbocycles. The van der Waals surface area contributed by atoms with Crippen LogP contribution in [0.3, 0.4) is 0 Å². The van der Waals surface area contributed by atoms with Crippen molar-refractivity contribution >= 4 is 23.3 Å². The number of ketones is 1. The first-order chi connectivity index (χ1) is 12.4. The summed E-state index contributed by atoms with van der Waals surface area (Å²) in [6.45, 7) is 5.32. The van der Waals surface area contributed by atoms with E-state index in [0.717, 1.165) is 0 Å². The Morgan fingerprint density at radius 1 is 1.04 bits per heavy atom. The molecule has 6 heteroatoms. The molecule has 0 aliphatic carbocycles. The molecule has 6 nitrogen and oxygen atoms in total. The van der Waals surface area contributed by atoms with Crippen molar-refractivity contribution in [2.45, 2.75) is 26.9 Å². The van der Waals surface area contributed by atoms with Gasteiger partial charge in [0.25, 0.3) is 0 Å². The van der Waals surface area contributed by atoms with Gasteiger partial charge in [-0.3, -0.25) is 9.59 Å². The zero-order valence-electron chi connectivity index (χ0n) is 14.9. The van der Waals surface area contributed by atoms with E-state index in [2.05, 4.69) is 5.32 Å². The third kappa shape index (κ3) is 5.17. The fraction of sp³-hybridized carbons (Fsp3) is 0.250. The van der Waals surface area contributed by atoms with Gasteiger partial charge in [-0.15, -0.1) is 0 Å². The van der Waals surface area contributed by atoms with Crippen LogP contribution in [0.15, 0.2) is 48.5 Å². The predicted octanol–water partition coefficient (Wildman–Crippen LogP) is 3.47. The summed E-state index contributed by atoms with van der Waals surface area (Å²) in [5, 5.41) is 2.59. The molecule has 0 heterocycles. The Morgan fingerprint density at radius 3 is 2.35 bits per heavy atom. The molecule has 0 aliphatic rings. The van der Waals surface area contributed by atoms with Crippen LogP contribution in [-0.2, 0) is 9.53 Å². The summed E-state index contributed by atoms with van der Waals surface area (Å²) in [4.78, 5) is 35.8. The van der Waals surface area contributed by atoms with Gasteiger partial charge in [0.1, 0.15) is 5.75 Å². The molecule has 0 saturated carbocycles. The number of benzene rings is 2. The van der Waals surface area contributed by atoms with Crippen molar-refractivity contribution in [3.63, 3.8) is 0 Å². The first-order valence-corrected chi connectivity index (χ1v) is 8.26. The third-order valence-electron chi connectivity index (χ3n) is 3.52. The molecule has 1 amide bonds. The van der Waals surface area contributed by atoms with E-state index in [4.69, 9.17) is 9.47 Å². The highest BCUT2D eigenvalue weighted by Gasteiger charge is 2.20. The van der Waals surface area contributed by atoms with Crippen molar-refractivity contribution in [2.24, 2.45) is 0 Å². The van der Waals surface area contributed by atoms with Crippen LogP contribution in [0.2, 0.25) is 0 Å². The smallest absolute Gasteiger partial charge is 0.338 e. The molecule has 1 atom stereocenters. The summed E-state index contributed by atoms with van der Waals surface area (Å²) < 4.78 is 10.6. The van der Waals surface area contributed by atoms with E-state index >= 15 is 0 Å². The lowest BCUT2D eigenvalue weighted by atomic mass is 10.1. The maximum atomic E-state index is 12.4. The molecule has 0 saturated heterocycles. The van der Waals surface area contributed by atoms with E-state index in [0.29, 0.717) is 23.6 Å². The quantitative estimate of drug-likeness (QED) is 0.607. The molecular formula is C20H21NO5. The summed E-state index contributed by atoms with van der Waals surface area (Å²) in [5.41, 5.74) is 1.17. The Balaban J connectivity index is 2.03. The van der Waals surface area contributed by atoms with Gasteiger partial charge in [-0.2, -0.15) is 0 Å². The number of anilines is 1. The standard InChI is InChI=1S/C20H21NO5/c1-4-25-18-10-8-15(9-11-18)19(23)13(2)26-20(24)16-6-5-7-17(12-16)21-14(3)22/h5-13H,4H2,1-3H3,(H,21,22). The summed E-state index contributed by atoms with van der Waals surface area (Å²) in [5.74, 6) is -0.513. The van der Waals surface area contributed by atoms with Crippen LogP contribution in [0.5, 0.6) is 5.75 Å². The second-order valence-electron chi connectivity index (χ2n) is 5.63. The molecule has 1 unspecified atom stereocenters. The first-order valence-electron chi connectivity index (χ1n) is 8.26. The van der Waals surface area contributed by atoms with Crippen LogP contribution in [0.25, 0.3) is 0 Å². The van der Waals surface area contributed by atoms with E-state index < -0.39 is 12.1 Å². The number of nitrogens with one attached hydrogen (secondary N) is 1. The molecule has 0 aliphatic heterocycles. The average molecular weight is 355 g/mol. The van der Waals surface area contributed by atoms with Crippen molar-refractivity contribution in [3.05, 3.63) is 59.7 Å². The molecule has 0 radical (unpaired) electrons. The van der Waals surface area contributed by atoms with Gasteiger partial charge in [0, 0.05) is 18.2 Å². The minimum atomic E-state index is -0.940. The lowest BCUT2D eigenvalue weighted by Crippen LogP contribution is -2.24. The molecular weight excluding hydrogens is 334 g/mol. The Labute approximate surface area is 152 Å². The maximum absolute atomic E-state index is 12.4. The summed E-state index contributed by atoms with van der Waals surface area (Å²) in [6, 6.07) is 13.0. The molecule has 0 spiro atoms. The van der Waals surface area contributed by atoms with Crippen molar-refractivity contribution in [1.82, 2.24) is 0 Å². The number of carbonyl (C=O) groups excluding carboxylic acids is 3. The first kappa shape index (κ1) is 19.2. The predicted molar refractivity (Wildman–Crippen MR) is 97.6 cm³/mol. The average Bonchev–Trinajstić information content (AvgIpc) is 2.61. The number of rotatable bonds is 7. The monoisotopic (exact) mass is 355 g/mol. The lowest BCUT2D eigenvalue weighted by Gasteiger charge is -2.13. The van der Waals surface area contributed by atoms with E-state index in [1.54, 1.807) is 42.5 Å². The molecule has 2 aromatic rings. The van der Waals surface area contributed by atoms with E-state index in [1.807, 2.05) is 6.92 Å². The zero-order chi connectivity index (χ0) is 19.1. The molecule has 2 rings (SSSR count). The summed E-state index contributed by atoms with van der Waals surface area (Å²) >= 11 is 0. The van der Waals surface area contributed by atoms with E-state index in [9.17, 15) is 14.4 Å². The highest BCUT2D eigenvalue weighted by Crippen LogP contribution is 2.16. The fourth-order valence-electron chi connectivity index (χ4n) is 2.33. The number of hydrogen-bond donors (Lipinski definition) is 1. The van der Waals surface area contributed by atoms with Crippen LogP contribution in [0.4, 0.5) is 5.69 Å². The second-order valence-corrected chi connectivity index (χ2v) is 5.63. The number of hydrogen-bond acceptors (Lipinski definition) is 5. The molecule has 0 aromatic heterocycles. The highest BCUT2D eigenvalue weighted by atomic mass is 16.5. The van der Waals surface area contributed by atoms with Crippen molar-refractivity contribution in [2.75, 3.05) is 11.9 Å². The van der Waals surface area contributed by atoms with E-state index in [-0.39, 0.29) is 17.3 Å². The Bertz CT molecular complexity index is 798. The Hall–Kier alpha value is -3.15. The molecule has 0 bridgehead atoms. The van der Waals surface area contributed by atoms with E-state index in [1.165, 1.54) is 19.9 Å². The zero-order valence-corrected chi connectivity index (χ0v) is 14.9. The van der Waals surface area contributed by atoms with Gasteiger partial charge in [-0.25, -0.2) is 4.79 Å². The van der Waals surface area contributed by atoms with Gasteiger partial charge in [0.05, 0.1) is 12.2 Å². The summed E-state index contributed by atoms with van der Waals surface area (Å²) in [6.07, 6.45) is -0.940. The number of Topliss-reactive ketones (excluding diaryl/α,β-unsaturated/α-hetero) is 1. The minimum absolute atomic E-state index is 0.241. The topological polar surface area (TPSA) is 81.7 Å². The third-order valence-corrected chi connectivity index (χ3v) is 3.52. The molecule has 26 heavy (non-hydrogen) atoms. The van der Waals surface area contributed by atoms with Gasteiger partial charge in [0.15, 0.2) is 6.10 Å². The van der Waals surface area contributed by atoms with Crippen LogP contribution in [-0.4, -0.2) is 30.4 Å². The van der Waals surface area contributed by atoms with Crippen LogP contribution >= 0.6 is 0 Å². The number of amides is 1. The minimum Gasteiger partial charge on any atom is -0.494 e. The SMILES string of the molecule is CCOc1ccc(C(=O)C(C)OC(=O)c2cccc(NC(C)=O)c2)cc1. The lowest BCUT2D eigenvalue weighted by molar-refractivity contribution is -0.114. The number of carbonyl (C=O) groups is 3. The Morgan fingerprint density at radius 2 is 1.73 bits per heavy atom. The van der Waals surface area contributed by atoms with Crippen molar-refractivity contribution in [3.8, 4) is 5.75 Å². The van der Waals surface area contributed by atoms with Crippen molar-refractivity contribution in [1.29, 1.82) is 0 Å². The largest absolute Gasteiger partial charge is 0.494 e. The molecule has 0 fully saturated rings.